The molecule has 1 aromatic carbocycles. The summed E-state index contributed by atoms with van der Waals surface area (Å²) in [6.07, 6.45) is 0. The van der Waals surface area contributed by atoms with Crippen molar-refractivity contribution in [2.24, 2.45) is 5.41 Å². The molecule has 0 fully saturated rings. The molecule has 0 aliphatic rings. The number of nitro benzene ring substituents is 1. The van der Waals surface area contributed by atoms with E-state index < -0.39 is 4.92 Å². The minimum Gasteiger partial charge on any atom is -0.398 e. The Morgan fingerprint density at radius 3 is 2.50 bits per heavy atom. The molecule has 18 heavy (non-hydrogen) atoms. The summed E-state index contributed by atoms with van der Waals surface area (Å²) in [6, 6.07) is 4.58. The number of nitro groups is 1. The lowest BCUT2D eigenvalue weighted by atomic mass is 9.96. The fraction of sp³-hybridized carbons (Fsp3) is 0.538. The Kier molecular flexibility index (Phi) is 4.29. The van der Waals surface area contributed by atoms with E-state index in [0.29, 0.717) is 12.2 Å². The van der Waals surface area contributed by atoms with Gasteiger partial charge in [-0.1, -0.05) is 20.8 Å². The number of non-ortho nitro benzene ring substituents is 1. The highest BCUT2D eigenvalue weighted by Gasteiger charge is 2.16. The Balaban J connectivity index is 2.83. The molecule has 0 heterocycles. The van der Waals surface area contributed by atoms with Gasteiger partial charge in [0.2, 0.25) is 0 Å². The lowest BCUT2D eigenvalue weighted by molar-refractivity contribution is -0.384. The molecule has 0 atom stereocenters. The molecular weight excluding hydrogens is 230 g/mol. The van der Waals surface area contributed by atoms with Gasteiger partial charge < -0.3 is 10.6 Å². The minimum absolute atomic E-state index is 0.0864. The van der Waals surface area contributed by atoms with Crippen LogP contribution in [0.25, 0.3) is 0 Å². The molecule has 100 valence electrons. The molecule has 0 saturated carbocycles. The summed E-state index contributed by atoms with van der Waals surface area (Å²) < 4.78 is 0. The molecule has 5 nitrogen and oxygen atoms in total. The maximum atomic E-state index is 10.7. The lowest BCUT2D eigenvalue weighted by Crippen LogP contribution is -2.29. The van der Waals surface area contributed by atoms with Gasteiger partial charge in [0, 0.05) is 30.9 Å². The van der Waals surface area contributed by atoms with Gasteiger partial charge in [0.25, 0.3) is 5.69 Å². The third kappa shape index (κ3) is 4.33. The van der Waals surface area contributed by atoms with Crippen LogP contribution in [0.5, 0.6) is 0 Å². The number of rotatable bonds is 4. The Morgan fingerprint density at radius 1 is 1.39 bits per heavy atom. The van der Waals surface area contributed by atoms with Crippen molar-refractivity contribution in [3.63, 3.8) is 0 Å². The van der Waals surface area contributed by atoms with Gasteiger partial charge in [-0.25, -0.2) is 0 Å². The van der Waals surface area contributed by atoms with Crippen LogP contribution in [-0.2, 0) is 6.54 Å². The van der Waals surface area contributed by atoms with Gasteiger partial charge in [-0.05, 0) is 24.1 Å². The van der Waals surface area contributed by atoms with Crippen molar-refractivity contribution in [3.8, 4) is 0 Å². The van der Waals surface area contributed by atoms with Gasteiger partial charge in [0.15, 0.2) is 0 Å². The van der Waals surface area contributed by atoms with E-state index in [9.17, 15) is 10.1 Å². The van der Waals surface area contributed by atoms with Crippen LogP contribution in [0, 0.1) is 15.5 Å². The van der Waals surface area contributed by atoms with E-state index in [-0.39, 0.29) is 11.1 Å². The van der Waals surface area contributed by atoms with Crippen molar-refractivity contribution < 1.29 is 4.92 Å². The zero-order valence-electron chi connectivity index (χ0n) is 11.4. The van der Waals surface area contributed by atoms with Crippen molar-refractivity contribution in [1.29, 1.82) is 0 Å². The van der Waals surface area contributed by atoms with Crippen LogP contribution < -0.4 is 5.73 Å². The monoisotopic (exact) mass is 251 g/mol. The molecule has 1 aromatic rings. The van der Waals surface area contributed by atoms with Crippen LogP contribution in [0.15, 0.2) is 18.2 Å². The van der Waals surface area contributed by atoms with Crippen molar-refractivity contribution in [1.82, 2.24) is 4.90 Å². The molecule has 2 N–H and O–H groups in total. The fourth-order valence-electron chi connectivity index (χ4n) is 2.00. The minimum atomic E-state index is -0.396. The second-order valence-corrected chi connectivity index (χ2v) is 5.87. The summed E-state index contributed by atoms with van der Waals surface area (Å²) in [5.41, 5.74) is 7.52. The number of hydrogen-bond acceptors (Lipinski definition) is 4. The van der Waals surface area contributed by atoms with Crippen molar-refractivity contribution in [2.75, 3.05) is 19.3 Å². The SMILES string of the molecule is CN(Cc1cc([N+](=O)[O-])ccc1N)CC(C)(C)C. The highest BCUT2D eigenvalue weighted by atomic mass is 16.6. The summed E-state index contributed by atoms with van der Waals surface area (Å²) in [5, 5.41) is 10.7. The molecule has 0 radical (unpaired) electrons. The van der Waals surface area contributed by atoms with Crippen LogP contribution >= 0.6 is 0 Å². The Morgan fingerprint density at radius 2 is 2.00 bits per heavy atom. The predicted molar refractivity (Wildman–Crippen MR) is 73.3 cm³/mol. The maximum absolute atomic E-state index is 10.7. The summed E-state index contributed by atoms with van der Waals surface area (Å²) in [4.78, 5) is 12.5. The van der Waals surface area contributed by atoms with Gasteiger partial charge in [-0.3, -0.25) is 10.1 Å². The Labute approximate surface area is 108 Å². The first-order valence-electron chi connectivity index (χ1n) is 5.90. The van der Waals surface area contributed by atoms with Crippen LogP contribution in [0.4, 0.5) is 11.4 Å². The number of hydrogen-bond donors (Lipinski definition) is 1. The second-order valence-electron chi connectivity index (χ2n) is 5.87. The number of benzene rings is 1. The Bertz CT molecular complexity index is 438. The van der Waals surface area contributed by atoms with E-state index in [0.717, 1.165) is 12.1 Å². The molecule has 0 amide bonds. The third-order valence-corrected chi connectivity index (χ3v) is 2.52. The van der Waals surface area contributed by atoms with E-state index in [1.807, 2.05) is 7.05 Å². The van der Waals surface area contributed by atoms with E-state index >= 15 is 0 Å². The molecule has 0 aromatic heterocycles. The number of anilines is 1. The van der Waals surface area contributed by atoms with Crippen LogP contribution in [-0.4, -0.2) is 23.4 Å². The van der Waals surface area contributed by atoms with Crippen molar-refractivity contribution >= 4 is 11.4 Å². The van der Waals surface area contributed by atoms with Gasteiger partial charge >= 0.3 is 0 Å². The highest BCUT2D eigenvalue weighted by Crippen LogP contribution is 2.22. The smallest absolute Gasteiger partial charge is 0.269 e. The van der Waals surface area contributed by atoms with E-state index in [1.165, 1.54) is 6.07 Å². The normalized spacial score (nSPS) is 11.8. The van der Waals surface area contributed by atoms with Gasteiger partial charge in [-0.15, -0.1) is 0 Å². The van der Waals surface area contributed by atoms with E-state index in [2.05, 4.69) is 25.7 Å². The molecular formula is C13H21N3O2. The van der Waals surface area contributed by atoms with Crippen molar-refractivity contribution in [3.05, 3.63) is 33.9 Å². The zero-order chi connectivity index (χ0) is 13.9. The highest BCUT2D eigenvalue weighted by molar-refractivity contribution is 5.52. The molecule has 0 bridgehead atoms. The first-order valence-corrected chi connectivity index (χ1v) is 5.90. The lowest BCUT2D eigenvalue weighted by Gasteiger charge is -2.26. The Hall–Kier alpha value is -1.62. The molecule has 0 aliphatic heterocycles. The van der Waals surface area contributed by atoms with Crippen molar-refractivity contribution in [2.45, 2.75) is 27.3 Å². The molecule has 5 heteroatoms. The van der Waals surface area contributed by atoms with E-state index in [1.54, 1.807) is 12.1 Å². The molecule has 0 unspecified atom stereocenters. The zero-order valence-corrected chi connectivity index (χ0v) is 11.4. The first kappa shape index (κ1) is 14.4. The number of nitrogens with zero attached hydrogens (tertiary/aromatic N) is 2. The van der Waals surface area contributed by atoms with Crippen LogP contribution in [0.2, 0.25) is 0 Å². The first-order chi connectivity index (χ1) is 8.19. The summed E-state index contributed by atoms with van der Waals surface area (Å²) in [7, 11) is 1.99. The summed E-state index contributed by atoms with van der Waals surface area (Å²) in [5.74, 6) is 0. The third-order valence-electron chi connectivity index (χ3n) is 2.52. The summed E-state index contributed by atoms with van der Waals surface area (Å²) >= 11 is 0. The molecule has 0 spiro atoms. The van der Waals surface area contributed by atoms with Gasteiger partial charge in [0.1, 0.15) is 0 Å². The molecule has 0 saturated heterocycles. The second kappa shape index (κ2) is 5.35. The number of nitrogen functional groups attached to an aromatic ring is 1. The maximum Gasteiger partial charge on any atom is 0.269 e. The number of nitrogens with two attached hydrogens (primary N) is 1. The van der Waals surface area contributed by atoms with E-state index in [4.69, 9.17) is 5.73 Å². The van der Waals surface area contributed by atoms with Gasteiger partial charge in [-0.2, -0.15) is 0 Å². The summed E-state index contributed by atoms with van der Waals surface area (Å²) in [6.45, 7) is 7.97. The van der Waals surface area contributed by atoms with Crippen LogP contribution in [0.1, 0.15) is 26.3 Å². The molecule has 0 aliphatic carbocycles. The average molecular weight is 251 g/mol. The molecule has 1 rings (SSSR count). The average Bonchev–Trinajstić information content (AvgIpc) is 2.18. The fourth-order valence-corrected chi connectivity index (χ4v) is 2.00. The topological polar surface area (TPSA) is 72.4 Å². The largest absolute Gasteiger partial charge is 0.398 e. The predicted octanol–water partition coefficient (Wildman–Crippen LogP) is 2.65. The quantitative estimate of drug-likeness (QED) is 0.507. The van der Waals surface area contributed by atoms with Gasteiger partial charge in [0.05, 0.1) is 4.92 Å². The standard InChI is InChI=1S/C13H21N3O2/c1-13(2,3)9-15(4)8-10-7-11(16(17)18)5-6-12(10)14/h5-7H,8-9,14H2,1-4H3. The van der Waals surface area contributed by atoms with Crippen LogP contribution in [0.3, 0.4) is 0 Å².